The second-order valence-corrected chi connectivity index (χ2v) is 10.6. The Bertz CT molecular complexity index is 1630. The minimum Gasteiger partial charge on any atom is -0.495 e. The number of ether oxygens (including phenoxy) is 5. The van der Waals surface area contributed by atoms with Crippen molar-refractivity contribution in [2.24, 2.45) is 0 Å². The molecule has 1 saturated heterocycles. The lowest BCUT2D eigenvalue weighted by Gasteiger charge is -2.27. The van der Waals surface area contributed by atoms with Gasteiger partial charge in [-0.25, -0.2) is 4.68 Å². The van der Waals surface area contributed by atoms with Crippen molar-refractivity contribution in [3.8, 4) is 22.7 Å². The van der Waals surface area contributed by atoms with Crippen LogP contribution in [0.5, 0.6) is 5.75 Å². The maximum atomic E-state index is 13.1. The molecular formula is C33H37N5O7. The van der Waals surface area contributed by atoms with Crippen LogP contribution in [0, 0.1) is 0 Å². The summed E-state index contributed by atoms with van der Waals surface area (Å²) >= 11 is 0. The Morgan fingerprint density at radius 3 is 2.04 bits per heavy atom. The maximum absolute atomic E-state index is 13.1. The lowest BCUT2D eigenvalue weighted by Crippen LogP contribution is -2.40. The Morgan fingerprint density at radius 2 is 1.40 bits per heavy atom. The van der Waals surface area contributed by atoms with Gasteiger partial charge < -0.3 is 28.6 Å². The number of nitrogens with zero attached hydrogens (tertiary/aromatic N) is 5. The molecule has 2 aliphatic heterocycles. The summed E-state index contributed by atoms with van der Waals surface area (Å²) < 4.78 is 30.2. The molecule has 0 N–H and O–H groups in total. The minimum absolute atomic E-state index is 0.284. The highest BCUT2D eigenvalue weighted by atomic mass is 16.6. The fourth-order valence-corrected chi connectivity index (χ4v) is 5.70. The van der Waals surface area contributed by atoms with Gasteiger partial charge >= 0.3 is 0 Å². The third-order valence-electron chi connectivity index (χ3n) is 7.97. The first-order valence-corrected chi connectivity index (χ1v) is 15.2. The zero-order valence-corrected chi connectivity index (χ0v) is 25.6. The molecule has 2 aliphatic rings. The molecule has 45 heavy (non-hydrogen) atoms. The summed E-state index contributed by atoms with van der Waals surface area (Å²) in [6.45, 7) is 7.60. The number of hydrogen-bond acceptors (Lipinski definition) is 10. The van der Waals surface area contributed by atoms with Crippen molar-refractivity contribution in [3.63, 3.8) is 0 Å². The summed E-state index contributed by atoms with van der Waals surface area (Å²) in [4.78, 5) is 29.6. The molecule has 0 radical (unpaired) electrons. The number of imide groups is 1. The summed E-state index contributed by atoms with van der Waals surface area (Å²) in [5, 5.41) is 10.3. The Morgan fingerprint density at radius 1 is 0.778 bits per heavy atom. The number of carbonyl (C=O) groups is 2. The van der Waals surface area contributed by atoms with E-state index in [1.54, 1.807) is 30.8 Å². The summed E-state index contributed by atoms with van der Waals surface area (Å²) in [6, 6.07) is 15.0. The first kappa shape index (κ1) is 30.7. The number of anilines is 1. The van der Waals surface area contributed by atoms with E-state index in [1.807, 2.05) is 42.6 Å². The molecule has 12 nitrogen and oxygen atoms in total. The van der Waals surface area contributed by atoms with Gasteiger partial charge in [0, 0.05) is 47.8 Å². The summed E-state index contributed by atoms with van der Waals surface area (Å²) in [5.41, 5.74) is 4.10. The van der Waals surface area contributed by atoms with E-state index in [1.165, 1.54) is 4.90 Å². The maximum Gasteiger partial charge on any atom is 0.261 e. The molecule has 3 aromatic carbocycles. The first-order chi connectivity index (χ1) is 22.1. The lowest BCUT2D eigenvalue weighted by molar-refractivity contribution is 0.00206. The molecule has 0 saturated carbocycles. The van der Waals surface area contributed by atoms with Gasteiger partial charge in [-0.05, 0) is 36.6 Å². The Labute approximate surface area is 261 Å². The fraction of sp³-hybridized carbons (Fsp3) is 0.394. The summed E-state index contributed by atoms with van der Waals surface area (Å²) in [7, 11) is 1.64. The Hall–Kier alpha value is -4.36. The molecule has 4 aromatic rings. The van der Waals surface area contributed by atoms with E-state index in [2.05, 4.69) is 15.2 Å². The average molecular weight is 616 g/mol. The lowest BCUT2D eigenvalue weighted by atomic mass is 9.90. The monoisotopic (exact) mass is 615 g/mol. The highest BCUT2D eigenvalue weighted by Gasteiger charge is 2.32. The molecule has 3 heterocycles. The Balaban J connectivity index is 1.26. The van der Waals surface area contributed by atoms with Crippen LogP contribution in [-0.4, -0.2) is 111 Å². The highest BCUT2D eigenvalue weighted by molar-refractivity contribution is 6.26. The first-order valence-electron chi connectivity index (χ1n) is 15.2. The number of hydrogen-bond donors (Lipinski definition) is 0. The highest BCUT2D eigenvalue weighted by Crippen LogP contribution is 2.36. The zero-order valence-electron chi connectivity index (χ0n) is 25.6. The van der Waals surface area contributed by atoms with Crippen LogP contribution in [0.15, 0.2) is 54.7 Å². The zero-order chi connectivity index (χ0) is 31.2. The van der Waals surface area contributed by atoms with Crippen LogP contribution >= 0.6 is 0 Å². The number of benzene rings is 3. The predicted molar refractivity (Wildman–Crippen MR) is 167 cm³/mol. The molecule has 0 aliphatic carbocycles. The molecule has 1 aromatic heterocycles. The molecule has 12 heteroatoms. The SMILES string of the molecule is CCN1C(=O)c2cccc3c(-c4cn(-c5ccc(N6CCOCCOCCOCCOCC6)c(OC)c5)nn4)ccc(c23)C1=O. The smallest absolute Gasteiger partial charge is 0.261 e. The second kappa shape index (κ2) is 14.2. The van der Waals surface area contributed by atoms with Crippen LogP contribution in [0.2, 0.25) is 0 Å². The molecule has 2 amide bonds. The second-order valence-electron chi connectivity index (χ2n) is 10.6. The van der Waals surface area contributed by atoms with E-state index >= 15 is 0 Å². The van der Waals surface area contributed by atoms with Gasteiger partial charge in [-0.2, -0.15) is 0 Å². The van der Waals surface area contributed by atoms with Crippen LogP contribution in [0.25, 0.3) is 27.7 Å². The van der Waals surface area contributed by atoms with Crippen LogP contribution in [-0.2, 0) is 18.9 Å². The van der Waals surface area contributed by atoms with Crippen molar-refractivity contribution in [3.05, 3.63) is 65.9 Å². The molecule has 1 fully saturated rings. The van der Waals surface area contributed by atoms with E-state index in [-0.39, 0.29) is 11.8 Å². The van der Waals surface area contributed by atoms with Crippen molar-refractivity contribution < 1.29 is 33.3 Å². The van der Waals surface area contributed by atoms with Crippen LogP contribution in [0.4, 0.5) is 5.69 Å². The van der Waals surface area contributed by atoms with Gasteiger partial charge in [0.1, 0.15) is 11.4 Å². The third kappa shape index (κ3) is 6.40. The molecule has 236 valence electrons. The van der Waals surface area contributed by atoms with Crippen molar-refractivity contribution >= 4 is 28.3 Å². The topological polar surface area (TPSA) is 117 Å². The summed E-state index contributed by atoms with van der Waals surface area (Å²) in [5.74, 6) is 0.107. The molecular weight excluding hydrogens is 578 g/mol. The molecule has 6 rings (SSSR count). The van der Waals surface area contributed by atoms with Crippen molar-refractivity contribution in [1.29, 1.82) is 0 Å². The van der Waals surface area contributed by atoms with Crippen LogP contribution < -0.4 is 9.64 Å². The van der Waals surface area contributed by atoms with Gasteiger partial charge in [-0.3, -0.25) is 14.5 Å². The van der Waals surface area contributed by atoms with Crippen molar-refractivity contribution in [1.82, 2.24) is 19.9 Å². The minimum atomic E-state index is -0.284. The van der Waals surface area contributed by atoms with Crippen molar-refractivity contribution in [2.75, 3.05) is 84.5 Å². The van der Waals surface area contributed by atoms with Gasteiger partial charge in [0.05, 0.1) is 77.5 Å². The number of amides is 2. The average Bonchev–Trinajstić information content (AvgIpc) is 3.55. The van der Waals surface area contributed by atoms with Gasteiger partial charge in [0.2, 0.25) is 0 Å². The third-order valence-corrected chi connectivity index (χ3v) is 7.97. The van der Waals surface area contributed by atoms with E-state index < -0.39 is 0 Å². The quantitative estimate of drug-likeness (QED) is 0.308. The van der Waals surface area contributed by atoms with Gasteiger partial charge in [0.15, 0.2) is 0 Å². The Kier molecular flexibility index (Phi) is 9.65. The number of methoxy groups -OCH3 is 1. The van der Waals surface area contributed by atoms with Gasteiger partial charge in [-0.15, -0.1) is 5.10 Å². The molecule has 0 unspecified atom stereocenters. The number of rotatable bonds is 5. The van der Waals surface area contributed by atoms with Crippen molar-refractivity contribution in [2.45, 2.75) is 6.92 Å². The predicted octanol–water partition coefficient (Wildman–Crippen LogP) is 3.60. The van der Waals surface area contributed by atoms with Crippen LogP contribution in [0.3, 0.4) is 0 Å². The molecule has 0 atom stereocenters. The van der Waals surface area contributed by atoms with E-state index in [9.17, 15) is 9.59 Å². The molecule has 0 bridgehead atoms. The summed E-state index contributed by atoms with van der Waals surface area (Å²) in [6.07, 6.45) is 1.83. The fourth-order valence-electron chi connectivity index (χ4n) is 5.70. The van der Waals surface area contributed by atoms with Crippen LogP contribution in [0.1, 0.15) is 27.6 Å². The van der Waals surface area contributed by atoms with E-state index in [0.29, 0.717) is 100 Å². The van der Waals surface area contributed by atoms with Gasteiger partial charge in [-0.1, -0.05) is 23.4 Å². The number of carbonyl (C=O) groups excluding carboxylic acids is 2. The normalized spacial score (nSPS) is 17.3. The van der Waals surface area contributed by atoms with Gasteiger partial charge in [0.25, 0.3) is 11.8 Å². The standard InChI is InChI=1S/C33H37N5O7/c1-3-37-32(39)26-6-4-5-25-24(8-9-27(31(25)26)33(37)40)28-22-38(35-34-28)23-7-10-29(30(21-23)41-2)36-11-13-42-15-17-44-19-20-45-18-16-43-14-12-36/h4-10,21-22H,3,11-20H2,1-2H3. The number of aromatic nitrogens is 3. The van der Waals surface area contributed by atoms with E-state index in [4.69, 9.17) is 23.7 Å². The van der Waals surface area contributed by atoms with E-state index in [0.717, 1.165) is 22.3 Å². The molecule has 0 spiro atoms. The largest absolute Gasteiger partial charge is 0.495 e.